The maximum Gasteiger partial charge on any atom is 0.180 e. The van der Waals surface area contributed by atoms with E-state index in [1.165, 1.54) is 0 Å². The Labute approximate surface area is 71.4 Å². The van der Waals surface area contributed by atoms with Crippen LogP contribution in [0.5, 0.6) is 0 Å². The lowest BCUT2D eigenvalue weighted by Crippen LogP contribution is -2.42. The number of hydrazine groups is 1. The zero-order valence-electron chi connectivity index (χ0n) is 6.30. The van der Waals surface area contributed by atoms with Crippen LogP contribution in [0.25, 0.3) is 0 Å². The third-order valence-corrected chi connectivity index (χ3v) is 1.91. The van der Waals surface area contributed by atoms with Crippen molar-refractivity contribution < 1.29 is 4.74 Å². The number of thiocarbonyl (C=S) groups is 1. The highest BCUT2D eigenvalue weighted by atomic mass is 32.1. The Morgan fingerprint density at radius 2 is 2.55 bits per heavy atom. The lowest BCUT2D eigenvalue weighted by molar-refractivity contribution is 0.114. The van der Waals surface area contributed by atoms with Crippen molar-refractivity contribution in [2.45, 2.75) is 18.9 Å². The van der Waals surface area contributed by atoms with Gasteiger partial charge in [0.2, 0.25) is 0 Å². The first-order valence-electron chi connectivity index (χ1n) is 3.69. The van der Waals surface area contributed by atoms with Crippen molar-refractivity contribution in [3.8, 4) is 0 Å². The number of hydrogen-bond donors (Lipinski definition) is 3. The predicted molar refractivity (Wildman–Crippen MR) is 46.9 cm³/mol. The number of nitrogens with two attached hydrogens (primary N) is 1. The standard InChI is InChI=1S/C6H13N3OS/c7-9-6(11)8-4-5-2-1-3-10-5/h5H,1-4,7H2,(H2,8,9,11). The monoisotopic (exact) mass is 175 g/mol. The average Bonchev–Trinajstić information content (AvgIpc) is 2.52. The molecule has 1 heterocycles. The molecule has 1 aliphatic heterocycles. The van der Waals surface area contributed by atoms with E-state index in [9.17, 15) is 0 Å². The summed E-state index contributed by atoms with van der Waals surface area (Å²) in [7, 11) is 0. The molecule has 0 aliphatic carbocycles. The highest BCUT2D eigenvalue weighted by molar-refractivity contribution is 7.80. The van der Waals surface area contributed by atoms with E-state index in [1.807, 2.05) is 0 Å². The van der Waals surface area contributed by atoms with Gasteiger partial charge in [0, 0.05) is 13.2 Å². The highest BCUT2D eigenvalue weighted by Crippen LogP contribution is 2.10. The quantitative estimate of drug-likeness (QED) is 0.300. The Bertz CT molecular complexity index is 136. The van der Waals surface area contributed by atoms with Crippen LogP contribution in [-0.4, -0.2) is 24.4 Å². The van der Waals surface area contributed by atoms with Crippen molar-refractivity contribution in [1.29, 1.82) is 0 Å². The Kier molecular flexibility index (Phi) is 3.55. The maximum atomic E-state index is 5.36. The molecule has 0 spiro atoms. The molecule has 11 heavy (non-hydrogen) atoms. The van der Waals surface area contributed by atoms with Crippen molar-refractivity contribution >= 4 is 17.3 Å². The number of rotatable bonds is 2. The van der Waals surface area contributed by atoms with Crippen molar-refractivity contribution in [2.75, 3.05) is 13.2 Å². The molecule has 0 aromatic rings. The van der Waals surface area contributed by atoms with Crippen LogP contribution in [0.1, 0.15) is 12.8 Å². The first-order valence-corrected chi connectivity index (χ1v) is 4.10. The van der Waals surface area contributed by atoms with Gasteiger partial charge in [0.15, 0.2) is 5.11 Å². The van der Waals surface area contributed by atoms with E-state index in [0.29, 0.717) is 11.2 Å². The van der Waals surface area contributed by atoms with E-state index < -0.39 is 0 Å². The second-order valence-electron chi connectivity index (χ2n) is 2.49. The van der Waals surface area contributed by atoms with Gasteiger partial charge in [-0.1, -0.05) is 0 Å². The van der Waals surface area contributed by atoms with Crippen LogP contribution in [-0.2, 0) is 4.74 Å². The molecule has 4 N–H and O–H groups in total. The second-order valence-corrected chi connectivity index (χ2v) is 2.90. The molecule has 1 atom stereocenters. The lowest BCUT2D eigenvalue weighted by atomic mass is 10.2. The minimum atomic E-state index is 0.307. The minimum Gasteiger partial charge on any atom is -0.376 e. The van der Waals surface area contributed by atoms with Crippen molar-refractivity contribution in [1.82, 2.24) is 10.7 Å². The summed E-state index contributed by atoms with van der Waals surface area (Å²) in [6, 6.07) is 0. The van der Waals surface area contributed by atoms with Crippen LogP contribution < -0.4 is 16.6 Å². The van der Waals surface area contributed by atoms with Gasteiger partial charge >= 0.3 is 0 Å². The normalized spacial score (nSPS) is 23.2. The molecular weight excluding hydrogens is 162 g/mol. The van der Waals surface area contributed by atoms with Gasteiger partial charge in [0.05, 0.1) is 6.10 Å². The molecule has 0 amide bonds. The summed E-state index contributed by atoms with van der Waals surface area (Å²) in [4.78, 5) is 0. The molecule has 1 unspecified atom stereocenters. The van der Waals surface area contributed by atoms with Crippen molar-refractivity contribution in [3.63, 3.8) is 0 Å². The van der Waals surface area contributed by atoms with Crippen LogP contribution >= 0.6 is 12.2 Å². The Morgan fingerprint density at radius 1 is 1.73 bits per heavy atom. The fraction of sp³-hybridized carbons (Fsp3) is 0.833. The summed E-state index contributed by atoms with van der Waals surface area (Å²) in [6.45, 7) is 1.62. The third-order valence-electron chi connectivity index (χ3n) is 1.65. The molecule has 4 nitrogen and oxygen atoms in total. The molecule has 1 fully saturated rings. The van der Waals surface area contributed by atoms with Crippen LogP contribution in [0, 0.1) is 0 Å². The van der Waals surface area contributed by atoms with Crippen LogP contribution in [0.4, 0.5) is 0 Å². The van der Waals surface area contributed by atoms with E-state index in [0.717, 1.165) is 26.0 Å². The van der Waals surface area contributed by atoms with Crippen LogP contribution in [0.15, 0.2) is 0 Å². The molecule has 5 heteroatoms. The van der Waals surface area contributed by atoms with Gasteiger partial charge in [0.1, 0.15) is 0 Å². The fourth-order valence-corrected chi connectivity index (χ4v) is 1.15. The minimum absolute atomic E-state index is 0.307. The fourth-order valence-electron chi connectivity index (χ4n) is 1.06. The summed E-state index contributed by atoms with van der Waals surface area (Å²) in [5, 5.41) is 3.42. The van der Waals surface area contributed by atoms with E-state index >= 15 is 0 Å². The van der Waals surface area contributed by atoms with E-state index in [2.05, 4.69) is 10.7 Å². The van der Waals surface area contributed by atoms with Gasteiger partial charge < -0.3 is 15.5 Å². The number of ether oxygens (including phenoxy) is 1. The maximum absolute atomic E-state index is 5.36. The molecular formula is C6H13N3OS. The Balaban J connectivity index is 2.06. The zero-order chi connectivity index (χ0) is 8.10. The van der Waals surface area contributed by atoms with Gasteiger partial charge in [0.25, 0.3) is 0 Å². The smallest absolute Gasteiger partial charge is 0.180 e. The second kappa shape index (κ2) is 4.48. The topological polar surface area (TPSA) is 59.3 Å². The van der Waals surface area contributed by atoms with Crippen LogP contribution in [0.2, 0.25) is 0 Å². The summed E-state index contributed by atoms with van der Waals surface area (Å²) in [6.07, 6.45) is 2.57. The van der Waals surface area contributed by atoms with Gasteiger partial charge in [-0.25, -0.2) is 5.84 Å². The molecule has 64 valence electrons. The summed E-state index contributed by atoms with van der Waals surface area (Å²) < 4.78 is 5.36. The molecule has 0 radical (unpaired) electrons. The molecule has 1 rings (SSSR count). The first-order chi connectivity index (χ1) is 5.33. The molecule has 0 saturated carbocycles. The molecule has 1 saturated heterocycles. The largest absolute Gasteiger partial charge is 0.376 e. The average molecular weight is 175 g/mol. The van der Waals surface area contributed by atoms with Gasteiger partial charge in [-0.15, -0.1) is 0 Å². The van der Waals surface area contributed by atoms with Gasteiger partial charge in [-0.3, -0.25) is 0 Å². The zero-order valence-corrected chi connectivity index (χ0v) is 7.12. The molecule has 0 aromatic carbocycles. The van der Waals surface area contributed by atoms with Crippen molar-refractivity contribution in [3.05, 3.63) is 0 Å². The third kappa shape index (κ3) is 3.00. The summed E-state index contributed by atoms with van der Waals surface area (Å²) in [5.74, 6) is 5.06. The van der Waals surface area contributed by atoms with E-state index in [-0.39, 0.29) is 0 Å². The Morgan fingerprint density at radius 3 is 3.09 bits per heavy atom. The number of nitrogens with one attached hydrogen (secondary N) is 2. The summed E-state index contributed by atoms with van der Waals surface area (Å²) >= 11 is 4.79. The SMILES string of the molecule is NNC(=S)NCC1CCCO1. The molecule has 0 aromatic heterocycles. The molecule has 0 bridgehead atoms. The van der Waals surface area contributed by atoms with E-state index in [1.54, 1.807) is 0 Å². The van der Waals surface area contributed by atoms with Crippen LogP contribution in [0.3, 0.4) is 0 Å². The number of hydrogen-bond acceptors (Lipinski definition) is 3. The predicted octanol–water partition coefficient (Wildman–Crippen LogP) is -0.497. The van der Waals surface area contributed by atoms with Gasteiger partial charge in [-0.2, -0.15) is 0 Å². The van der Waals surface area contributed by atoms with Crippen molar-refractivity contribution in [2.24, 2.45) is 5.84 Å². The summed E-state index contributed by atoms with van der Waals surface area (Å²) in [5.41, 5.74) is 2.35. The van der Waals surface area contributed by atoms with E-state index in [4.69, 9.17) is 22.8 Å². The first kappa shape index (κ1) is 8.70. The van der Waals surface area contributed by atoms with Gasteiger partial charge in [-0.05, 0) is 25.1 Å². The lowest BCUT2D eigenvalue weighted by Gasteiger charge is -2.11. The Hall–Kier alpha value is -0.390. The highest BCUT2D eigenvalue weighted by Gasteiger charge is 2.14. The molecule has 1 aliphatic rings.